The number of ether oxygens (including phenoxy) is 2. The maximum atomic E-state index is 15.7. The van der Waals surface area contributed by atoms with Gasteiger partial charge in [0.05, 0.1) is 18.2 Å². The lowest BCUT2D eigenvalue weighted by Gasteiger charge is -2.39. The molecule has 10 heteroatoms. The predicted octanol–water partition coefficient (Wildman–Crippen LogP) is 4.15. The van der Waals surface area contributed by atoms with Crippen molar-refractivity contribution in [3.63, 3.8) is 0 Å². The molecule has 37 heavy (non-hydrogen) atoms. The Bertz CT molecular complexity index is 1250. The van der Waals surface area contributed by atoms with Gasteiger partial charge in [-0.15, -0.1) is 0 Å². The van der Waals surface area contributed by atoms with Gasteiger partial charge in [0.2, 0.25) is 14.3 Å². The Morgan fingerprint density at radius 1 is 1.19 bits per heavy atom. The minimum atomic E-state index is -3.33. The van der Waals surface area contributed by atoms with Crippen LogP contribution in [-0.2, 0) is 29.5 Å². The van der Waals surface area contributed by atoms with Crippen molar-refractivity contribution in [2.75, 3.05) is 16.4 Å². The van der Waals surface area contributed by atoms with Gasteiger partial charge in [0, 0.05) is 41.9 Å². The Kier molecular flexibility index (Phi) is 6.24. The number of aliphatic hydroxyl groups excluding tert-OH is 1. The van der Waals surface area contributed by atoms with Gasteiger partial charge in [-0.3, -0.25) is 24.2 Å². The summed E-state index contributed by atoms with van der Waals surface area (Å²) >= 11 is 0. The number of β-lactam (4-membered cyclic amide) rings is 1. The second-order valence-electron chi connectivity index (χ2n) is 10.5. The number of rotatable bonds is 6. The third kappa shape index (κ3) is 3.89. The number of aliphatic hydroxyl groups is 1. The maximum absolute atomic E-state index is 15.7. The monoisotopic (exact) mass is 526 g/mol. The molecule has 2 amide bonds. The fourth-order valence-corrected chi connectivity index (χ4v) is 8.87. The van der Waals surface area contributed by atoms with Crippen molar-refractivity contribution in [1.82, 2.24) is 0 Å². The number of carbonyl (C=O) groups is 3. The molecule has 0 bridgehead atoms. The van der Waals surface area contributed by atoms with Crippen LogP contribution in [0.3, 0.4) is 0 Å². The number of nitrogens with zero attached hydrogens (tertiary/aromatic N) is 2. The minimum absolute atomic E-state index is 0.0755. The zero-order valence-electron chi connectivity index (χ0n) is 21.3. The minimum Gasteiger partial charge on any atom is -0.441 e. The molecular formula is C27H31FN2O6Si. The van der Waals surface area contributed by atoms with E-state index in [1.807, 2.05) is 37.3 Å². The quantitative estimate of drug-likeness (QED) is 0.263. The van der Waals surface area contributed by atoms with E-state index in [-0.39, 0.29) is 31.3 Å². The van der Waals surface area contributed by atoms with Crippen LogP contribution in [0.15, 0.2) is 48.5 Å². The van der Waals surface area contributed by atoms with Gasteiger partial charge in [0.15, 0.2) is 11.8 Å². The fourth-order valence-electron chi connectivity index (χ4n) is 6.32. The number of fused-ring (bicyclic) bond motifs is 2. The summed E-state index contributed by atoms with van der Waals surface area (Å²) in [5.74, 6) is -1.56. The first-order valence-electron chi connectivity index (χ1n) is 12.5. The van der Waals surface area contributed by atoms with Gasteiger partial charge in [-0.25, -0.2) is 0 Å². The van der Waals surface area contributed by atoms with Crippen molar-refractivity contribution in [3.05, 3.63) is 54.1 Å². The molecule has 2 aromatic carbocycles. The summed E-state index contributed by atoms with van der Waals surface area (Å²) < 4.78 is 27.6. The van der Waals surface area contributed by atoms with E-state index in [1.165, 1.54) is 11.8 Å². The number of hydrogen-bond donors (Lipinski definition) is 1. The van der Waals surface area contributed by atoms with E-state index in [1.54, 1.807) is 36.2 Å². The van der Waals surface area contributed by atoms with E-state index in [0.29, 0.717) is 22.6 Å². The van der Waals surface area contributed by atoms with Crippen molar-refractivity contribution in [2.45, 2.75) is 63.3 Å². The van der Waals surface area contributed by atoms with Crippen molar-refractivity contribution in [3.8, 4) is 0 Å². The van der Waals surface area contributed by atoms with Gasteiger partial charge >= 0.3 is 5.97 Å². The Morgan fingerprint density at radius 3 is 2.49 bits per heavy atom. The molecule has 3 heterocycles. The van der Waals surface area contributed by atoms with Gasteiger partial charge in [0.25, 0.3) is 5.91 Å². The second-order valence-corrected chi connectivity index (χ2v) is 14.3. The molecule has 2 saturated heterocycles. The summed E-state index contributed by atoms with van der Waals surface area (Å²) in [6.45, 7) is 6.15. The highest BCUT2D eigenvalue weighted by molar-refractivity contribution is 6.72. The highest BCUT2D eigenvalue weighted by atomic mass is 28.4. The molecular weight excluding hydrogens is 495 g/mol. The number of anilines is 3. The summed E-state index contributed by atoms with van der Waals surface area (Å²) in [5.41, 5.74) is 0.216. The van der Waals surface area contributed by atoms with Gasteiger partial charge in [-0.1, -0.05) is 25.1 Å². The van der Waals surface area contributed by atoms with Crippen LogP contribution in [-0.4, -0.2) is 50.2 Å². The number of para-hydroxylation sites is 1. The first kappa shape index (κ1) is 25.6. The van der Waals surface area contributed by atoms with Gasteiger partial charge < -0.3 is 18.7 Å². The van der Waals surface area contributed by atoms with Crippen LogP contribution in [0, 0.1) is 5.92 Å². The van der Waals surface area contributed by atoms with E-state index in [4.69, 9.17) is 9.47 Å². The summed E-state index contributed by atoms with van der Waals surface area (Å²) in [4.78, 5) is 41.4. The smallest absolute Gasteiger partial charge is 0.304 e. The largest absolute Gasteiger partial charge is 0.441 e. The lowest BCUT2D eigenvalue weighted by atomic mass is 9.82. The van der Waals surface area contributed by atoms with Crippen molar-refractivity contribution >= 4 is 43.3 Å². The van der Waals surface area contributed by atoms with Crippen LogP contribution in [0.1, 0.15) is 32.3 Å². The SMILES string of the molecule is CC(=O)OC1CC(=O)N1c1ccc2c(c1)[C@@]1(O[C@H](CCO)[C@@H]([Si](C)(C)F)[C@@H]1C)C(=O)N2c1ccccc1. The molecule has 1 N–H and O–H groups in total. The van der Waals surface area contributed by atoms with E-state index in [2.05, 4.69) is 0 Å². The average molecular weight is 527 g/mol. The van der Waals surface area contributed by atoms with Gasteiger partial charge in [0.1, 0.15) is 0 Å². The molecule has 196 valence electrons. The molecule has 3 aliphatic rings. The first-order chi connectivity index (χ1) is 17.5. The fraction of sp³-hybridized carbons (Fsp3) is 0.444. The number of carbonyl (C=O) groups excluding carboxylic acids is 3. The van der Waals surface area contributed by atoms with E-state index >= 15 is 4.11 Å². The van der Waals surface area contributed by atoms with Crippen LogP contribution in [0.4, 0.5) is 21.2 Å². The zero-order chi connectivity index (χ0) is 26.7. The number of halogens is 1. The van der Waals surface area contributed by atoms with Crippen LogP contribution < -0.4 is 9.80 Å². The first-order valence-corrected chi connectivity index (χ1v) is 15.5. The summed E-state index contributed by atoms with van der Waals surface area (Å²) in [6, 6.07) is 14.4. The molecule has 2 aromatic rings. The predicted molar refractivity (Wildman–Crippen MR) is 137 cm³/mol. The highest BCUT2D eigenvalue weighted by Gasteiger charge is 2.67. The molecule has 1 spiro atoms. The summed E-state index contributed by atoms with van der Waals surface area (Å²) in [7, 11) is -3.33. The van der Waals surface area contributed by atoms with Crippen molar-refractivity contribution in [1.29, 1.82) is 0 Å². The Labute approximate surface area is 216 Å². The normalized spacial score (nSPS) is 29.0. The molecule has 0 aromatic heterocycles. The van der Waals surface area contributed by atoms with E-state index < -0.39 is 43.8 Å². The number of esters is 1. The number of amides is 2. The Hall–Kier alpha value is -3.08. The van der Waals surface area contributed by atoms with Gasteiger partial charge in [-0.05, 0) is 49.8 Å². The highest BCUT2D eigenvalue weighted by Crippen LogP contribution is 2.61. The third-order valence-corrected chi connectivity index (χ3v) is 10.2. The third-order valence-electron chi connectivity index (χ3n) is 7.77. The lowest BCUT2D eigenvalue weighted by Crippen LogP contribution is -2.55. The standard InChI is InChI=1S/C27H31FN2O6Si/c1-16-25(37(3,4)28)22(12-13-31)36-27(16)20-14-19(30-23(33)15-24(30)35-17(2)32)10-11-21(20)29(26(27)34)18-8-6-5-7-9-18/h5-11,14,16,22,24-25,31H,12-13,15H2,1-4H3/t16-,22+,24?,25-,27+/m0/s1. The van der Waals surface area contributed by atoms with Crippen LogP contribution in [0.2, 0.25) is 18.6 Å². The van der Waals surface area contributed by atoms with E-state index in [9.17, 15) is 19.5 Å². The summed E-state index contributed by atoms with van der Waals surface area (Å²) in [5, 5.41) is 9.74. The van der Waals surface area contributed by atoms with Gasteiger partial charge in [-0.2, -0.15) is 0 Å². The second kappa shape index (κ2) is 9.04. The zero-order valence-corrected chi connectivity index (χ0v) is 22.3. The Morgan fingerprint density at radius 2 is 1.89 bits per heavy atom. The van der Waals surface area contributed by atoms with E-state index in [0.717, 1.165) is 0 Å². The molecule has 0 saturated carbocycles. The van der Waals surface area contributed by atoms with Crippen LogP contribution in [0.5, 0.6) is 0 Å². The average Bonchev–Trinajstić information content (AvgIpc) is 3.25. The molecule has 1 unspecified atom stereocenters. The summed E-state index contributed by atoms with van der Waals surface area (Å²) in [6.07, 6.45) is -1.08. The topological polar surface area (TPSA) is 96.4 Å². The molecule has 0 radical (unpaired) electrons. The maximum Gasteiger partial charge on any atom is 0.304 e. The molecule has 2 fully saturated rings. The Balaban J connectivity index is 1.67. The van der Waals surface area contributed by atoms with Crippen LogP contribution in [0.25, 0.3) is 0 Å². The molecule has 0 aliphatic carbocycles. The van der Waals surface area contributed by atoms with Crippen molar-refractivity contribution in [2.24, 2.45) is 5.92 Å². The molecule has 8 nitrogen and oxygen atoms in total. The number of benzene rings is 2. The molecule has 3 aliphatic heterocycles. The molecule has 5 rings (SSSR count). The lowest BCUT2D eigenvalue weighted by molar-refractivity contribution is -0.153. The van der Waals surface area contributed by atoms with Crippen LogP contribution >= 0.6 is 0 Å². The number of hydrogen-bond acceptors (Lipinski definition) is 6. The van der Waals surface area contributed by atoms with Crippen molar-refractivity contribution < 1.29 is 33.1 Å². The molecule has 5 atom stereocenters.